The molecule has 52 valence electrons. The summed E-state index contributed by atoms with van der Waals surface area (Å²) in [6, 6.07) is 7.90. The molecule has 11 heavy (non-hydrogen) atoms. The van der Waals surface area contributed by atoms with E-state index in [9.17, 15) is 0 Å². The first-order chi connectivity index (χ1) is 5.42. The standard InChI is InChI=1S/C10H6S/c1-2-8-4-3-5-9-6-11-7-10(8)9/h2,4,6-7H,1H2. The van der Waals surface area contributed by atoms with E-state index in [0.717, 1.165) is 10.9 Å². The number of hydrogen-bond acceptors (Lipinski definition) is 1. The topological polar surface area (TPSA) is 0 Å². The van der Waals surface area contributed by atoms with Crippen LogP contribution in [0.15, 0.2) is 23.4 Å². The van der Waals surface area contributed by atoms with E-state index in [2.05, 4.69) is 29.5 Å². The van der Waals surface area contributed by atoms with Crippen LogP contribution >= 0.6 is 11.3 Å². The summed E-state index contributed by atoms with van der Waals surface area (Å²) in [7, 11) is 0. The summed E-state index contributed by atoms with van der Waals surface area (Å²) in [6.07, 6.45) is 1.85. The second-order valence-corrected chi connectivity index (χ2v) is 3.02. The SMILES string of the molecule is C=Cc1cc#cc2cscc12. The van der Waals surface area contributed by atoms with Gasteiger partial charge in [0.25, 0.3) is 0 Å². The van der Waals surface area contributed by atoms with Crippen LogP contribution < -0.4 is 0 Å². The molecule has 0 atom stereocenters. The lowest BCUT2D eigenvalue weighted by atomic mass is 10.1. The Morgan fingerprint density at radius 1 is 1.45 bits per heavy atom. The van der Waals surface area contributed by atoms with Crippen molar-refractivity contribution in [1.29, 1.82) is 0 Å². The van der Waals surface area contributed by atoms with Gasteiger partial charge in [-0.05, 0) is 17.0 Å². The maximum absolute atomic E-state index is 3.73. The Labute approximate surface area is 69.8 Å². The van der Waals surface area contributed by atoms with E-state index in [1.54, 1.807) is 11.3 Å². The summed E-state index contributed by atoms with van der Waals surface area (Å²) in [5.41, 5.74) is 1.14. The van der Waals surface area contributed by atoms with Crippen LogP contribution in [-0.2, 0) is 0 Å². The van der Waals surface area contributed by atoms with Crippen LogP contribution in [0.4, 0.5) is 0 Å². The average molecular weight is 158 g/mol. The van der Waals surface area contributed by atoms with Crippen molar-refractivity contribution in [1.82, 2.24) is 0 Å². The Morgan fingerprint density at radius 3 is 3.18 bits per heavy atom. The lowest BCUT2D eigenvalue weighted by molar-refractivity contribution is 1.82. The third-order valence-electron chi connectivity index (χ3n) is 1.63. The van der Waals surface area contributed by atoms with Gasteiger partial charge in [-0.15, -0.1) is 0 Å². The number of rotatable bonds is 1. The molecule has 0 fully saturated rings. The molecule has 1 heterocycles. The normalized spacial score (nSPS) is 9.45. The van der Waals surface area contributed by atoms with Gasteiger partial charge < -0.3 is 0 Å². The predicted molar refractivity (Wildman–Crippen MR) is 49.6 cm³/mol. The Kier molecular flexibility index (Phi) is 1.41. The molecule has 1 aromatic heterocycles. The molecule has 1 heteroatoms. The first-order valence-corrected chi connectivity index (χ1v) is 4.27. The molecule has 2 rings (SSSR count). The first-order valence-electron chi connectivity index (χ1n) is 3.32. The second-order valence-electron chi connectivity index (χ2n) is 2.27. The van der Waals surface area contributed by atoms with Crippen molar-refractivity contribution in [2.24, 2.45) is 0 Å². The smallest absolute Gasteiger partial charge is 0.0434 e. The maximum Gasteiger partial charge on any atom is 0.0434 e. The zero-order valence-electron chi connectivity index (χ0n) is 5.92. The van der Waals surface area contributed by atoms with E-state index in [4.69, 9.17) is 0 Å². The van der Waals surface area contributed by atoms with Gasteiger partial charge in [-0.25, -0.2) is 0 Å². The van der Waals surface area contributed by atoms with Crippen LogP contribution in [0.2, 0.25) is 0 Å². The second kappa shape index (κ2) is 2.41. The molecule has 0 N–H and O–H groups in total. The molecule has 2 aromatic rings. The molecule has 0 unspecified atom stereocenters. The minimum Gasteiger partial charge on any atom is -0.150 e. The van der Waals surface area contributed by atoms with Gasteiger partial charge in [0.15, 0.2) is 0 Å². The summed E-state index contributed by atoms with van der Waals surface area (Å²) >= 11 is 1.68. The van der Waals surface area contributed by atoms with Gasteiger partial charge in [0.1, 0.15) is 0 Å². The number of thiophene rings is 1. The highest BCUT2D eigenvalue weighted by Gasteiger charge is 1.95. The summed E-state index contributed by atoms with van der Waals surface area (Å²) in [5, 5.41) is 6.53. The Balaban J connectivity index is 2.88. The van der Waals surface area contributed by atoms with Gasteiger partial charge in [0.2, 0.25) is 0 Å². The summed E-state index contributed by atoms with van der Waals surface area (Å²) in [6.45, 7) is 3.73. The van der Waals surface area contributed by atoms with Crippen molar-refractivity contribution in [3.63, 3.8) is 0 Å². The van der Waals surface area contributed by atoms with Crippen LogP contribution in [0.25, 0.3) is 16.8 Å². The fourth-order valence-corrected chi connectivity index (χ4v) is 1.84. The molecule has 0 saturated carbocycles. The Morgan fingerprint density at radius 2 is 2.36 bits per heavy atom. The Hall–Kier alpha value is -1.26. The molecule has 0 aliphatic carbocycles. The minimum atomic E-state index is 1.13. The predicted octanol–water partition coefficient (Wildman–Crippen LogP) is 3.14. The molecule has 0 bridgehead atoms. The molecule has 0 nitrogen and oxygen atoms in total. The van der Waals surface area contributed by atoms with E-state index in [-0.39, 0.29) is 0 Å². The van der Waals surface area contributed by atoms with Gasteiger partial charge in [-0.3, -0.25) is 0 Å². The lowest BCUT2D eigenvalue weighted by Crippen LogP contribution is -1.68. The summed E-state index contributed by atoms with van der Waals surface area (Å²) in [4.78, 5) is 0. The number of fused-ring (bicyclic) bond motifs is 1. The highest BCUT2D eigenvalue weighted by atomic mass is 32.1. The summed E-state index contributed by atoms with van der Waals surface area (Å²) < 4.78 is 0. The van der Waals surface area contributed by atoms with Gasteiger partial charge in [0.05, 0.1) is 0 Å². The van der Waals surface area contributed by atoms with Crippen molar-refractivity contribution in [2.45, 2.75) is 0 Å². The van der Waals surface area contributed by atoms with E-state index in [1.165, 1.54) is 5.39 Å². The van der Waals surface area contributed by atoms with Crippen LogP contribution in [0.5, 0.6) is 0 Å². The molecule has 0 radical (unpaired) electrons. The molecule has 0 amide bonds. The zero-order chi connectivity index (χ0) is 7.68. The Bertz CT molecular complexity index is 384. The molecule has 1 aromatic carbocycles. The fourth-order valence-electron chi connectivity index (χ4n) is 1.06. The van der Waals surface area contributed by atoms with Gasteiger partial charge >= 0.3 is 0 Å². The molecular weight excluding hydrogens is 152 g/mol. The zero-order valence-corrected chi connectivity index (χ0v) is 6.74. The highest BCUT2D eigenvalue weighted by Crippen LogP contribution is 2.20. The summed E-state index contributed by atoms with van der Waals surface area (Å²) in [5.74, 6) is 0. The van der Waals surface area contributed by atoms with Gasteiger partial charge in [-0.1, -0.05) is 24.8 Å². The van der Waals surface area contributed by atoms with E-state index < -0.39 is 0 Å². The third-order valence-corrected chi connectivity index (χ3v) is 2.37. The molecule has 0 spiro atoms. The van der Waals surface area contributed by atoms with Crippen molar-refractivity contribution in [2.75, 3.05) is 0 Å². The molecule has 0 aliphatic rings. The van der Waals surface area contributed by atoms with Crippen molar-refractivity contribution >= 4 is 28.2 Å². The van der Waals surface area contributed by atoms with E-state index in [1.807, 2.05) is 12.1 Å². The molecular formula is C10H6S. The van der Waals surface area contributed by atoms with E-state index >= 15 is 0 Å². The van der Waals surface area contributed by atoms with E-state index in [0.29, 0.717) is 0 Å². The third kappa shape index (κ3) is 0.923. The molecule has 0 saturated heterocycles. The van der Waals surface area contributed by atoms with Crippen molar-refractivity contribution in [3.05, 3.63) is 41.1 Å². The average Bonchev–Trinajstić information content (AvgIpc) is 2.50. The number of hydrogen-bond donors (Lipinski definition) is 0. The maximum atomic E-state index is 3.73. The van der Waals surface area contributed by atoms with Crippen molar-refractivity contribution < 1.29 is 0 Å². The fraction of sp³-hybridized carbons (Fsp3) is 0. The highest BCUT2D eigenvalue weighted by molar-refractivity contribution is 7.09. The van der Waals surface area contributed by atoms with Crippen LogP contribution in [0, 0.1) is 12.1 Å². The van der Waals surface area contributed by atoms with Gasteiger partial charge in [-0.2, -0.15) is 11.3 Å². The first kappa shape index (κ1) is 6.45. The van der Waals surface area contributed by atoms with Crippen molar-refractivity contribution in [3.8, 4) is 0 Å². The monoisotopic (exact) mass is 158 g/mol. The van der Waals surface area contributed by atoms with Crippen LogP contribution in [-0.4, -0.2) is 0 Å². The lowest BCUT2D eigenvalue weighted by Gasteiger charge is -1.89. The van der Waals surface area contributed by atoms with Gasteiger partial charge in [0, 0.05) is 16.2 Å². The molecule has 0 aliphatic heterocycles. The van der Waals surface area contributed by atoms with Crippen LogP contribution in [0.1, 0.15) is 5.56 Å². The quantitative estimate of drug-likeness (QED) is 0.598. The van der Waals surface area contributed by atoms with Crippen LogP contribution in [0.3, 0.4) is 0 Å². The largest absolute Gasteiger partial charge is 0.150 e. The minimum absolute atomic E-state index is 1.13.